The molecule has 0 atom stereocenters. The van der Waals surface area contributed by atoms with Crippen LogP contribution >= 0.6 is 11.6 Å². The highest BCUT2D eigenvalue weighted by Gasteiger charge is 2.49. The predicted molar refractivity (Wildman–Crippen MR) is 105 cm³/mol. The Kier molecular flexibility index (Phi) is 6.27. The number of carbonyl (C=O) groups is 1. The van der Waals surface area contributed by atoms with Crippen LogP contribution in [0.2, 0.25) is 5.02 Å². The maximum atomic E-state index is 12.7. The van der Waals surface area contributed by atoms with Crippen LogP contribution in [0.1, 0.15) is 21.5 Å². The Morgan fingerprint density at radius 3 is 2.42 bits per heavy atom. The second-order valence-corrected chi connectivity index (χ2v) is 8.15. The summed E-state index contributed by atoms with van der Waals surface area (Å²) in [7, 11) is -5.01. The monoisotopic (exact) mass is 474 g/mol. The van der Waals surface area contributed by atoms with E-state index in [9.17, 15) is 26.4 Å². The molecule has 0 aliphatic heterocycles. The molecule has 0 aliphatic carbocycles. The molecular weight excluding hydrogens is 461 g/mol. The number of esters is 1. The van der Waals surface area contributed by atoms with Gasteiger partial charge in [0.15, 0.2) is 5.75 Å². The van der Waals surface area contributed by atoms with Gasteiger partial charge in [-0.25, -0.2) is 9.48 Å². The molecular formula is C19H14ClF3N2O5S. The molecule has 3 rings (SSSR count). The Bertz CT molecular complexity index is 1190. The molecule has 0 bridgehead atoms. The molecule has 7 nitrogen and oxygen atoms in total. The zero-order chi connectivity index (χ0) is 22.8. The summed E-state index contributed by atoms with van der Waals surface area (Å²) < 4.78 is 71.0. The average Bonchev–Trinajstić information content (AvgIpc) is 3.23. The normalized spacial score (nSPS) is 11.9. The van der Waals surface area contributed by atoms with Crippen molar-refractivity contribution in [1.29, 1.82) is 0 Å². The number of alkyl halides is 3. The van der Waals surface area contributed by atoms with Gasteiger partial charge in [0.05, 0.1) is 12.8 Å². The Labute approximate surface area is 180 Å². The highest BCUT2D eigenvalue weighted by molar-refractivity contribution is 7.88. The van der Waals surface area contributed by atoms with Crippen molar-refractivity contribution in [3.8, 4) is 11.4 Å². The lowest BCUT2D eigenvalue weighted by molar-refractivity contribution is -0.0500. The number of methoxy groups -OCH3 is 1. The van der Waals surface area contributed by atoms with Gasteiger partial charge in [0.2, 0.25) is 0 Å². The van der Waals surface area contributed by atoms with E-state index in [0.29, 0.717) is 5.56 Å². The standard InChI is InChI=1S/C19H14ClF3N2O5S/c1-29-18(26)15-10-13(16(20)11-17(15)30-31(27,28)19(21,22)23)9-12-3-5-14(6-4-12)25-8-2-7-24-25/h2-8,10-11H,9H2,1H3. The summed E-state index contributed by atoms with van der Waals surface area (Å²) in [5.41, 5.74) is -4.27. The molecule has 1 heterocycles. The van der Waals surface area contributed by atoms with E-state index < -0.39 is 32.9 Å². The summed E-state index contributed by atoms with van der Waals surface area (Å²) in [6.07, 6.45) is 3.60. The Morgan fingerprint density at radius 2 is 1.87 bits per heavy atom. The fourth-order valence-electron chi connectivity index (χ4n) is 2.65. The summed E-state index contributed by atoms with van der Waals surface area (Å²) in [6, 6.07) is 10.9. The third-order valence-electron chi connectivity index (χ3n) is 4.14. The van der Waals surface area contributed by atoms with E-state index in [1.165, 1.54) is 0 Å². The number of ether oxygens (including phenoxy) is 1. The Morgan fingerprint density at radius 1 is 1.19 bits per heavy atom. The second-order valence-electron chi connectivity index (χ2n) is 6.21. The molecule has 12 heteroatoms. The first-order valence-corrected chi connectivity index (χ1v) is 10.3. The number of rotatable bonds is 6. The van der Waals surface area contributed by atoms with Gasteiger partial charge in [0.25, 0.3) is 0 Å². The first-order valence-electron chi connectivity index (χ1n) is 8.52. The van der Waals surface area contributed by atoms with Crippen molar-refractivity contribution < 1.29 is 35.3 Å². The van der Waals surface area contributed by atoms with Crippen molar-refractivity contribution in [1.82, 2.24) is 9.78 Å². The minimum atomic E-state index is -6.00. The Balaban J connectivity index is 1.94. The lowest BCUT2D eigenvalue weighted by Crippen LogP contribution is -2.28. The number of hydrogen-bond acceptors (Lipinski definition) is 6. The first-order chi connectivity index (χ1) is 14.5. The molecule has 31 heavy (non-hydrogen) atoms. The third-order valence-corrected chi connectivity index (χ3v) is 5.45. The van der Waals surface area contributed by atoms with E-state index in [2.05, 4.69) is 14.0 Å². The van der Waals surface area contributed by atoms with Gasteiger partial charge in [-0.2, -0.15) is 26.7 Å². The maximum absolute atomic E-state index is 12.7. The van der Waals surface area contributed by atoms with Crippen molar-refractivity contribution in [2.45, 2.75) is 11.9 Å². The molecule has 0 aliphatic rings. The molecule has 0 spiro atoms. The highest BCUT2D eigenvalue weighted by Crippen LogP contribution is 2.34. The summed E-state index contributed by atoms with van der Waals surface area (Å²) in [4.78, 5) is 12.0. The molecule has 0 N–H and O–H groups in total. The van der Waals surface area contributed by atoms with E-state index in [0.717, 1.165) is 30.5 Å². The lowest BCUT2D eigenvalue weighted by Gasteiger charge is -2.14. The van der Waals surface area contributed by atoms with Crippen LogP contribution in [-0.2, 0) is 21.3 Å². The van der Waals surface area contributed by atoms with E-state index >= 15 is 0 Å². The molecule has 0 saturated carbocycles. The van der Waals surface area contributed by atoms with Gasteiger partial charge >= 0.3 is 21.6 Å². The number of halogens is 4. The van der Waals surface area contributed by atoms with Crippen LogP contribution in [0.15, 0.2) is 54.9 Å². The van der Waals surface area contributed by atoms with Crippen LogP contribution in [0.4, 0.5) is 13.2 Å². The zero-order valence-corrected chi connectivity index (χ0v) is 17.3. The van der Waals surface area contributed by atoms with Gasteiger partial charge in [-0.05, 0) is 41.8 Å². The van der Waals surface area contributed by atoms with E-state index in [-0.39, 0.29) is 11.4 Å². The van der Waals surface area contributed by atoms with Crippen molar-refractivity contribution >= 4 is 27.7 Å². The van der Waals surface area contributed by atoms with Crippen molar-refractivity contribution in [2.24, 2.45) is 0 Å². The molecule has 1 aromatic heterocycles. The van der Waals surface area contributed by atoms with Crippen LogP contribution in [0, 0.1) is 0 Å². The largest absolute Gasteiger partial charge is 0.534 e. The molecule has 0 saturated heterocycles. The van der Waals surface area contributed by atoms with Crippen molar-refractivity contribution in [3.05, 3.63) is 76.6 Å². The first kappa shape index (κ1) is 22.6. The van der Waals surface area contributed by atoms with Crippen molar-refractivity contribution in [2.75, 3.05) is 7.11 Å². The summed E-state index contributed by atoms with van der Waals surface area (Å²) >= 11 is 6.13. The second kappa shape index (κ2) is 8.60. The van der Waals surface area contributed by atoms with E-state index in [1.807, 2.05) is 0 Å². The molecule has 0 fully saturated rings. The van der Waals surface area contributed by atoms with Gasteiger partial charge in [0.1, 0.15) is 5.56 Å². The molecule has 0 unspecified atom stereocenters. The third kappa shape index (κ3) is 5.00. The molecule has 164 valence electrons. The average molecular weight is 475 g/mol. The number of benzene rings is 2. The van der Waals surface area contributed by atoms with Gasteiger partial charge in [-0.15, -0.1) is 0 Å². The van der Waals surface area contributed by atoms with Crippen LogP contribution in [0.5, 0.6) is 5.75 Å². The highest BCUT2D eigenvalue weighted by atomic mass is 35.5. The molecule has 3 aromatic rings. The topological polar surface area (TPSA) is 87.5 Å². The molecule has 0 amide bonds. The zero-order valence-electron chi connectivity index (χ0n) is 15.8. The number of nitrogens with zero attached hydrogens (tertiary/aromatic N) is 2. The van der Waals surface area contributed by atoms with Crippen LogP contribution in [0.25, 0.3) is 5.69 Å². The van der Waals surface area contributed by atoms with Crippen LogP contribution in [-0.4, -0.2) is 36.8 Å². The fourth-order valence-corrected chi connectivity index (χ4v) is 3.34. The molecule has 2 aromatic carbocycles. The summed E-state index contributed by atoms with van der Waals surface area (Å²) in [5, 5.41) is 4.03. The summed E-state index contributed by atoms with van der Waals surface area (Å²) in [5.74, 6) is -1.97. The quantitative estimate of drug-likeness (QED) is 0.303. The van der Waals surface area contributed by atoms with Crippen LogP contribution < -0.4 is 4.18 Å². The van der Waals surface area contributed by atoms with Gasteiger partial charge in [0, 0.05) is 23.5 Å². The number of carbonyl (C=O) groups excluding carboxylic acids is 1. The van der Waals surface area contributed by atoms with Gasteiger partial charge in [-0.3, -0.25) is 0 Å². The van der Waals surface area contributed by atoms with E-state index in [1.54, 1.807) is 47.4 Å². The smallest absolute Gasteiger partial charge is 0.465 e. The SMILES string of the molecule is COC(=O)c1cc(Cc2ccc(-n3cccn3)cc2)c(Cl)cc1OS(=O)(=O)C(F)(F)F. The predicted octanol–water partition coefficient (Wildman–Crippen LogP) is 4.13. The van der Waals surface area contributed by atoms with E-state index in [4.69, 9.17) is 11.6 Å². The minimum Gasteiger partial charge on any atom is -0.465 e. The van der Waals surface area contributed by atoms with Gasteiger partial charge in [-0.1, -0.05) is 23.7 Å². The number of aromatic nitrogens is 2. The Hall–Kier alpha value is -3.05. The lowest BCUT2D eigenvalue weighted by atomic mass is 10.0. The summed E-state index contributed by atoms with van der Waals surface area (Å²) in [6.45, 7) is 0. The maximum Gasteiger partial charge on any atom is 0.534 e. The van der Waals surface area contributed by atoms with Gasteiger partial charge < -0.3 is 8.92 Å². The molecule has 0 radical (unpaired) electrons. The number of hydrogen-bond donors (Lipinski definition) is 0. The van der Waals surface area contributed by atoms with Crippen molar-refractivity contribution in [3.63, 3.8) is 0 Å². The van der Waals surface area contributed by atoms with Crippen LogP contribution in [0.3, 0.4) is 0 Å². The fraction of sp³-hybridized carbons (Fsp3) is 0.158. The minimum absolute atomic E-state index is 0.0869.